The summed E-state index contributed by atoms with van der Waals surface area (Å²) < 4.78 is 1.42. The van der Waals surface area contributed by atoms with Crippen LogP contribution in [0, 0.1) is 0 Å². The van der Waals surface area contributed by atoms with E-state index in [1.54, 1.807) is 13.1 Å². The molecule has 0 fully saturated rings. The monoisotopic (exact) mass is 184 g/mol. The van der Waals surface area contributed by atoms with Crippen molar-refractivity contribution in [2.24, 2.45) is 0 Å². The second-order valence-corrected chi connectivity index (χ2v) is 2.75. The first-order chi connectivity index (χ1) is 6.22. The fourth-order valence-electron chi connectivity index (χ4n) is 0.830. The summed E-state index contributed by atoms with van der Waals surface area (Å²) in [4.78, 5) is 11.2. The maximum Gasteiger partial charge on any atom is 0.242 e. The molecule has 0 aliphatic heterocycles. The molecule has 0 bridgehead atoms. The Morgan fingerprint density at radius 3 is 3.08 bits per heavy atom. The third-order valence-electron chi connectivity index (χ3n) is 1.46. The van der Waals surface area contributed by atoms with Gasteiger partial charge >= 0.3 is 0 Å². The van der Waals surface area contributed by atoms with Gasteiger partial charge in [0.05, 0.1) is 12.8 Å². The third-order valence-corrected chi connectivity index (χ3v) is 1.46. The van der Waals surface area contributed by atoms with Gasteiger partial charge in [-0.2, -0.15) is 0 Å². The van der Waals surface area contributed by atoms with E-state index >= 15 is 0 Å². The molecular weight excluding hydrogens is 172 g/mol. The maximum absolute atomic E-state index is 11.2. The van der Waals surface area contributed by atoms with E-state index in [9.17, 15) is 4.79 Å². The molecule has 1 atom stereocenters. The second-order valence-electron chi connectivity index (χ2n) is 2.75. The fraction of sp³-hybridized carbons (Fsp3) is 0.571. The van der Waals surface area contributed by atoms with Crippen LogP contribution in [0.15, 0.2) is 12.4 Å². The quantitative estimate of drug-likeness (QED) is 0.614. The van der Waals surface area contributed by atoms with Crippen LogP contribution in [0.2, 0.25) is 0 Å². The zero-order valence-electron chi connectivity index (χ0n) is 7.34. The van der Waals surface area contributed by atoms with E-state index in [1.807, 2.05) is 0 Å². The lowest BCUT2D eigenvalue weighted by atomic mass is 10.3. The highest BCUT2D eigenvalue weighted by Gasteiger charge is 2.06. The van der Waals surface area contributed by atoms with Gasteiger partial charge in [-0.25, -0.2) is 4.68 Å². The van der Waals surface area contributed by atoms with Gasteiger partial charge in [0, 0.05) is 12.2 Å². The van der Waals surface area contributed by atoms with Gasteiger partial charge in [0.1, 0.15) is 6.54 Å². The van der Waals surface area contributed by atoms with Gasteiger partial charge in [0.15, 0.2) is 0 Å². The molecule has 6 nitrogen and oxygen atoms in total. The minimum atomic E-state index is -0.226. The van der Waals surface area contributed by atoms with Crippen LogP contribution in [-0.4, -0.2) is 38.7 Å². The van der Waals surface area contributed by atoms with Crippen molar-refractivity contribution in [1.29, 1.82) is 0 Å². The SMILES string of the molecule is C[C@@H](CO)NC(=O)Cn1ccnn1. The number of amides is 1. The van der Waals surface area contributed by atoms with Gasteiger partial charge in [0.2, 0.25) is 5.91 Å². The Labute approximate surface area is 75.6 Å². The van der Waals surface area contributed by atoms with Crippen molar-refractivity contribution in [3.8, 4) is 0 Å². The largest absolute Gasteiger partial charge is 0.394 e. The molecule has 0 saturated carbocycles. The molecule has 1 aromatic heterocycles. The van der Waals surface area contributed by atoms with Gasteiger partial charge < -0.3 is 10.4 Å². The summed E-state index contributed by atoms with van der Waals surface area (Å²) in [6.45, 7) is 1.78. The Morgan fingerprint density at radius 2 is 2.54 bits per heavy atom. The van der Waals surface area contributed by atoms with Crippen molar-refractivity contribution in [3.05, 3.63) is 12.4 Å². The summed E-state index contributed by atoms with van der Waals surface area (Å²) in [5, 5.41) is 18.4. The molecule has 0 aliphatic carbocycles. The molecular formula is C7H12N4O2. The van der Waals surface area contributed by atoms with Crippen molar-refractivity contribution in [3.63, 3.8) is 0 Å². The van der Waals surface area contributed by atoms with E-state index in [-0.39, 0.29) is 25.1 Å². The zero-order valence-corrected chi connectivity index (χ0v) is 7.34. The van der Waals surface area contributed by atoms with E-state index in [0.29, 0.717) is 0 Å². The number of hydrogen-bond acceptors (Lipinski definition) is 4. The van der Waals surface area contributed by atoms with Crippen molar-refractivity contribution in [2.75, 3.05) is 6.61 Å². The Bertz CT molecular complexity index is 259. The third kappa shape index (κ3) is 3.20. The zero-order chi connectivity index (χ0) is 9.68. The number of aliphatic hydroxyl groups is 1. The summed E-state index contributed by atoms with van der Waals surface area (Å²) in [5.74, 6) is -0.188. The van der Waals surface area contributed by atoms with Gasteiger partial charge in [-0.15, -0.1) is 5.10 Å². The first-order valence-electron chi connectivity index (χ1n) is 3.96. The van der Waals surface area contributed by atoms with Crippen LogP contribution in [0.1, 0.15) is 6.92 Å². The summed E-state index contributed by atoms with van der Waals surface area (Å²) in [7, 11) is 0. The van der Waals surface area contributed by atoms with Crippen LogP contribution >= 0.6 is 0 Å². The molecule has 0 unspecified atom stereocenters. The van der Waals surface area contributed by atoms with E-state index in [4.69, 9.17) is 5.11 Å². The summed E-state index contributed by atoms with van der Waals surface area (Å²) in [6.07, 6.45) is 3.10. The molecule has 6 heteroatoms. The number of nitrogens with zero attached hydrogens (tertiary/aromatic N) is 3. The topological polar surface area (TPSA) is 80.0 Å². The molecule has 0 aromatic carbocycles. The number of hydrogen-bond donors (Lipinski definition) is 2. The number of rotatable bonds is 4. The highest BCUT2D eigenvalue weighted by molar-refractivity contribution is 5.75. The van der Waals surface area contributed by atoms with E-state index in [0.717, 1.165) is 0 Å². The normalized spacial score (nSPS) is 12.5. The van der Waals surface area contributed by atoms with Crippen LogP contribution in [-0.2, 0) is 11.3 Å². The van der Waals surface area contributed by atoms with E-state index in [1.165, 1.54) is 10.9 Å². The van der Waals surface area contributed by atoms with Gasteiger partial charge in [0.25, 0.3) is 0 Å². The van der Waals surface area contributed by atoms with E-state index < -0.39 is 0 Å². The van der Waals surface area contributed by atoms with Crippen LogP contribution in [0.5, 0.6) is 0 Å². The highest BCUT2D eigenvalue weighted by atomic mass is 16.3. The lowest BCUT2D eigenvalue weighted by molar-refractivity contribution is -0.122. The van der Waals surface area contributed by atoms with Crippen molar-refractivity contribution >= 4 is 5.91 Å². The summed E-state index contributed by atoms with van der Waals surface area (Å²) in [5.41, 5.74) is 0. The molecule has 1 rings (SSSR count). The number of nitrogens with one attached hydrogen (secondary N) is 1. The molecule has 1 amide bonds. The molecule has 0 aliphatic rings. The first-order valence-corrected chi connectivity index (χ1v) is 3.96. The van der Waals surface area contributed by atoms with E-state index in [2.05, 4.69) is 15.6 Å². The number of carbonyl (C=O) groups excluding carboxylic acids is 1. The minimum Gasteiger partial charge on any atom is -0.394 e. The van der Waals surface area contributed by atoms with Crippen LogP contribution in [0.25, 0.3) is 0 Å². The lowest BCUT2D eigenvalue weighted by Gasteiger charge is -2.09. The van der Waals surface area contributed by atoms with Crippen LogP contribution in [0.4, 0.5) is 0 Å². The average Bonchev–Trinajstić information content (AvgIpc) is 2.56. The molecule has 2 N–H and O–H groups in total. The van der Waals surface area contributed by atoms with Gasteiger partial charge in [-0.3, -0.25) is 4.79 Å². The second kappa shape index (κ2) is 4.56. The molecule has 1 aromatic rings. The lowest BCUT2D eigenvalue weighted by Crippen LogP contribution is -2.37. The Balaban J connectivity index is 2.34. The van der Waals surface area contributed by atoms with Crippen molar-refractivity contribution in [1.82, 2.24) is 20.3 Å². The molecule has 0 spiro atoms. The highest BCUT2D eigenvalue weighted by Crippen LogP contribution is 1.83. The predicted octanol–water partition coefficient (Wildman–Crippen LogP) is -1.22. The van der Waals surface area contributed by atoms with Crippen LogP contribution < -0.4 is 5.32 Å². The standard InChI is InChI=1S/C7H12N4O2/c1-6(5-12)9-7(13)4-11-3-2-8-10-11/h2-3,6,12H,4-5H2,1H3,(H,9,13)/t6-/m0/s1. The smallest absolute Gasteiger partial charge is 0.242 e. The summed E-state index contributed by atoms with van der Waals surface area (Å²) in [6, 6.07) is -0.226. The minimum absolute atomic E-state index is 0.0664. The van der Waals surface area contributed by atoms with Gasteiger partial charge in [-0.1, -0.05) is 5.21 Å². The predicted molar refractivity (Wildman–Crippen MR) is 44.7 cm³/mol. The molecule has 0 saturated heterocycles. The first kappa shape index (κ1) is 9.66. The fourth-order valence-corrected chi connectivity index (χ4v) is 0.830. The Kier molecular flexibility index (Phi) is 3.39. The molecule has 1 heterocycles. The Morgan fingerprint density at radius 1 is 1.77 bits per heavy atom. The van der Waals surface area contributed by atoms with Gasteiger partial charge in [-0.05, 0) is 6.92 Å². The Hall–Kier alpha value is -1.43. The van der Waals surface area contributed by atoms with Crippen molar-refractivity contribution in [2.45, 2.75) is 19.5 Å². The maximum atomic E-state index is 11.2. The molecule has 13 heavy (non-hydrogen) atoms. The number of carbonyl (C=O) groups is 1. The molecule has 72 valence electrons. The molecule has 0 radical (unpaired) electrons. The number of aromatic nitrogens is 3. The number of aliphatic hydroxyl groups excluding tert-OH is 1. The average molecular weight is 184 g/mol. The van der Waals surface area contributed by atoms with Crippen molar-refractivity contribution < 1.29 is 9.90 Å². The summed E-state index contributed by atoms with van der Waals surface area (Å²) >= 11 is 0. The van der Waals surface area contributed by atoms with Crippen LogP contribution in [0.3, 0.4) is 0 Å².